The predicted molar refractivity (Wildman–Crippen MR) is 66.3 cm³/mol. The molecule has 2 bridgehead atoms. The summed E-state index contributed by atoms with van der Waals surface area (Å²) < 4.78 is 5.22. The fourth-order valence-corrected chi connectivity index (χ4v) is 3.16. The van der Waals surface area contributed by atoms with Crippen molar-refractivity contribution in [3.05, 3.63) is 35.9 Å². The Morgan fingerprint density at radius 2 is 2.17 bits per heavy atom. The van der Waals surface area contributed by atoms with Crippen molar-refractivity contribution in [3.63, 3.8) is 0 Å². The van der Waals surface area contributed by atoms with Crippen LogP contribution in [-0.2, 0) is 11.3 Å². The molecule has 2 aliphatic heterocycles. The van der Waals surface area contributed by atoms with E-state index in [4.69, 9.17) is 16.3 Å². The third-order valence-corrected chi connectivity index (χ3v) is 4.31. The summed E-state index contributed by atoms with van der Waals surface area (Å²) in [6.07, 6.45) is -0.884. The molecule has 1 N–H and O–H groups in total. The first kappa shape index (κ1) is 11.8. The van der Waals surface area contributed by atoms with Gasteiger partial charge in [0.1, 0.15) is 6.61 Å². The topological polar surface area (TPSA) is 49.8 Å². The van der Waals surface area contributed by atoms with Gasteiger partial charge < -0.3 is 14.7 Å². The van der Waals surface area contributed by atoms with Gasteiger partial charge in [0.15, 0.2) is 0 Å². The highest BCUT2D eigenvalue weighted by atomic mass is 35.5. The molecule has 0 radical (unpaired) electrons. The number of rotatable bonds is 2. The molecule has 1 amide bonds. The van der Waals surface area contributed by atoms with E-state index in [0.717, 1.165) is 5.56 Å². The highest BCUT2D eigenvalue weighted by molar-refractivity contribution is 6.22. The van der Waals surface area contributed by atoms with Crippen molar-refractivity contribution in [2.45, 2.75) is 24.1 Å². The van der Waals surface area contributed by atoms with Crippen molar-refractivity contribution in [1.29, 1.82) is 0 Å². The number of fused-ring (bicyclic) bond motifs is 1. The lowest BCUT2D eigenvalue weighted by Crippen LogP contribution is -2.54. The van der Waals surface area contributed by atoms with Crippen molar-refractivity contribution in [1.82, 2.24) is 4.90 Å². The zero-order valence-corrected chi connectivity index (χ0v) is 10.5. The van der Waals surface area contributed by atoms with Crippen LogP contribution in [0.3, 0.4) is 0 Å². The number of carbonyl (C=O) groups excluding carboxylic acids is 1. The molecule has 2 saturated heterocycles. The summed E-state index contributed by atoms with van der Waals surface area (Å²) in [5.41, 5.74) is 0.945. The summed E-state index contributed by atoms with van der Waals surface area (Å²) in [4.78, 5) is 13.4. The van der Waals surface area contributed by atoms with E-state index < -0.39 is 12.2 Å². The van der Waals surface area contributed by atoms with Gasteiger partial charge in [-0.3, -0.25) is 0 Å². The molecule has 3 fully saturated rings. The van der Waals surface area contributed by atoms with Gasteiger partial charge in [-0.2, -0.15) is 0 Å². The highest BCUT2D eigenvalue weighted by Crippen LogP contribution is 2.45. The number of carbonyl (C=O) groups is 1. The summed E-state index contributed by atoms with van der Waals surface area (Å²) in [6.45, 7) is 0.740. The van der Waals surface area contributed by atoms with Crippen molar-refractivity contribution in [2.24, 2.45) is 5.92 Å². The normalized spacial score (nSPS) is 33.1. The van der Waals surface area contributed by atoms with Gasteiger partial charge >= 0.3 is 6.09 Å². The van der Waals surface area contributed by atoms with E-state index in [0.29, 0.717) is 6.54 Å². The third kappa shape index (κ3) is 1.76. The molecule has 2 heterocycles. The van der Waals surface area contributed by atoms with Gasteiger partial charge in [-0.25, -0.2) is 4.79 Å². The summed E-state index contributed by atoms with van der Waals surface area (Å²) in [5.74, 6) is 0.000872. The van der Waals surface area contributed by atoms with Gasteiger partial charge in [-0.1, -0.05) is 30.3 Å². The largest absolute Gasteiger partial charge is 0.445 e. The Bertz CT molecular complexity index is 443. The molecule has 3 aliphatic rings. The van der Waals surface area contributed by atoms with E-state index in [1.165, 1.54) is 4.90 Å². The van der Waals surface area contributed by atoms with Crippen LogP contribution in [0.2, 0.25) is 0 Å². The Balaban J connectivity index is 1.57. The highest BCUT2D eigenvalue weighted by Gasteiger charge is 2.60. The maximum atomic E-state index is 11.9. The van der Waals surface area contributed by atoms with Crippen LogP contribution in [0, 0.1) is 5.92 Å². The van der Waals surface area contributed by atoms with Crippen LogP contribution in [0.5, 0.6) is 0 Å². The second kappa shape index (κ2) is 4.44. The first-order valence-electron chi connectivity index (χ1n) is 5.98. The number of amides is 1. The second-order valence-corrected chi connectivity index (χ2v) is 5.29. The van der Waals surface area contributed by atoms with Gasteiger partial charge in [0.05, 0.1) is 17.5 Å². The number of aliphatic hydroxyl groups is 1. The molecule has 18 heavy (non-hydrogen) atoms. The van der Waals surface area contributed by atoms with Crippen LogP contribution in [0.4, 0.5) is 4.79 Å². The second-order valence-electron chi connectivity index (χ2n) is 4.78. The van der Waals surface area contributed by atoms with E-state index in [1.807, 2.05) is 30.3 Å². The van der Waals surface area contributed by atoms with Crippen molar-refractivity contribution >= 4 is 17.7 Å². The molecule has 4 nitrogen and oxygen atoms in total. The first-order valence-corrected chi connectivity index (χ1v) is 6.41. The molecule has 96 valence electrons. The van der Waals surface area contributed by atoms with Crippen LogP contribution in [0.1, 0.15) is 5.56 Å². The van der Waals surface area contributed by atoms with Crippen LogP contribution in [-0.4, -0.2) is 40.2 Å². The van der Waals surface area contributed by atoms with E-state index in [9.17, 15) is 9.90 Å². The number of hydrogen-bond acceptors (Lipinski definition) is 3. The van der Waals surface area contributed by atoms with Gasteiger partial charge in [0.25, 0.3) is 0 Å². The molecule has 1 saturated carbocycles. The molecule has 1 aliphatic carbocycles. The van der Waals surface area contributed by atoms with Crippen molar-refractivity contribution < 1.29 is 14.6 Å². The minimum absolute atomic E-state index is 0.000872. The number of nitrogens with zero attached hydrogens (tertiary/aromatic N) is 1. The predicted octanol–water partition coefficient (Wildman–Crippen LogP) is 1.61. The van der Waals surface area contributed by atoms with E-state index in [2.05, 4.69) is 0 Å². The van der Waals surface area contributed by atoms with E-state index in [1.54, 1.807) is 0 Å². The minimum Gasteiger partial charge on any atom is -0.445 e. The molecule has 5 heteroatoms. The van der Waals surface area contributed by atoms with Crippen LogP contribution >= 0.6 is 11.6 Å². The van der Waals surface area contributed by atoms with Gasteiger partial charge in [-0.15, -0.1) is 11.6 Å². The number of aliphatic hydroxyl groups excluding tert-OH is 1. The monoisotopic (exact) mass is 267 g/mol. The fraction of sp³-hybridized carbons (Fsp3) is 0.462. The van der Waals surface area contributed by atoms with Crippen molar-refractivity contribution in [3.8, 4) is 0 Å². The van der Waals surface area contributed by atoms with Gasteiger partial charge in [-0.05, 0) is 5.56 Å². The SMILES string of the molecule is O=C(OCc1ccccc1)N1C[C@H]2[C@@H](O)[C@@H]1[C@@H]2Cl. The zero-order chi connectivity index (χ0) is 12.7. The Morgan fingerprint density at radius 3 is 2.72 bits per heavy atom. The summed E-state index contributed by atoms with van der Waals surface area (Å²) in [5, 5.41) is 9.55. The van der Waals surface area contributed by atoms with Gasteiger partial charge in [0.2, 0.25) is 0 Å². The summed E-state index contributed by atoms with van der Waals surface area (Å²) in [7, 11) is 0. The van der Waals surface area contributed by atoms with Crippen LogP contribution < -0.4 is 0 Å². The number of alkyl halides is 1. The molecule has 0 aromatic heterocycles. The van der Waals surface area contributed by atoms with Crippen LogP contribution in [0.25, 0.3) is 0 Å². The maximum Gasteiger partial charge on any atom is 0.410 e. The lowest BCUT2D eigenvalue weighted by atomic mass is 9.82. The van der Waals surface area contributed by atoms with Gasteiger partial charge in [0, 0.05) is 12.5 Å². The Kier molecular flexibility index (Phi) is 2.92. The minimum atomic E-state index is -0.489. The lowest BCUT2D eigenvalue weighted by Gasteiger charge is -2.36. The fourth-order valence-electron chi connectivity index (χ4n) is 2.65. The number of hydrogen-bond donors (Lipinski definition) is 1. The Labute approximate surface area is 110 Å². The van der Waals surface area contributed by atoms with E-state index >= 15 is 0 Å². The standard InChI is InChI=1S/C13H14ClNO3/c14-10-9-6-15(11(10)12(9)16)13(17)18-7-8-4-2-1-3-5-8/h1-5,9-12,16H,6-7H2/t9-,10-,11+,12-/m1/s1. The Morgan fingerprint density at radius 1 is 1.44 bits per heavy atom. The zero-order valence-electron chi connectivity index (χ0n) is 9.70. The first-order chi connectivity index (χ1) is 8.68. The number of ether oxygens (including phenoxy) is 1. The Hall–Kier alpha value is -1.26. The molecular weight excluding hydrogens is 254 g/mol. The average Bonchev–Trinajstić information content (AvgIpc) is 2.94. The van der Waals surface area contributed by atoms with E-state index in [-0.39, 0.29) is 23.9 Å². The molecule has 0 unspecified atom stereocenters. The quantitative estimate of drug-likeness (QED) is 0.828. The van der Waals surface area contributed by atoms with Crippen LogP contribution in [0.15, 0.2) is 30.3 Å². The number of benzene rings is 1. The maximum absolute atomic E-state index is 11.9. The molecule has 1 aromatic rings. The van der Waals surface area contributed by atoms with Crippen molar-refractivity contribution in [2.75, 3.05) is 6.54 Å². The smallest absolute Gasteiger partial charge is 0.410 e. The molecule has 4 atom stereocenters. The molecule has 0 spiro atoms. The number of halogens is 1. The average molecular weight is 268 g/mol. The molecule has 1 aromatic carbocycles. The third-order valence-electron chi connectivity index (χ3n) is 3.73. The summed E-state index contributed by atoms with van der Waals surface area (Å²) in [6, 6.07) is 9.23. The summed E-state index contributed by atoms with van der Waals surface area (Å²) >= 11 is 6.05. The molecule has 4 rings (SSSR count). The lowest BCUT2D eigenvalue weighted by molar-refractivity contribution is 0.0215. The molecular formula is C13H14ClNO3.